The Morgan fingerprint density at radius 3 is 2.62 bits per heavy atom. The van der Waals surface area contributed by atoms with Gasteiger partial charge in [-0.15, -0.1) is 0 Å². The molecule has 154 valence electrons. The van der Waals surface area contributed by atoms with Crippen molar-refractivity contribution < 1.29 is 4.92 Å². The molecule has 0 aliphatic carbocycles. The van der Waals surface area contributed by atoms with Gasteiger partial charge in [-0.1, -0.05) is 19.9 Å². The number of anilines is 1. The van der Waals surface area contributed by atoms with Gasteiger partial charge in [0, 0.05) is 35.6 Å². The van der Waals surface area contributed by atoms with E-state index in [1.807, 2.05) is 12.3 Å². The number of aliphatic imine (C=N–C) groups is 1. The van der Waals surface area contributed by atoms with Gasteiger partial charge in [0.1, 0.15) is 0 Å². The Bertz CT molecular complexity index is 963. The average Bonchev–Trinajstić information content (AvgIpc) is 2.64. The Balaban J connectivity index is 1.99. The van der Waals surface area contributed by atoms with Gasteiger partial charge in [-0.05, 0) is 81.3 Å². The molecule has 5 nitrogen and oxygen atoms in total. The van der Waals surface area contributed by atoms with Crippen LogP contribution >= 0.6 is 0 Å². The molecule has 0 fully saturated rings. The second kappa shape index (κ2) is 7.97. The number of aryl methyl sites for hydroxylation is 2. The van der Waals surface area contributed by atoms with Crippen molar-refractivity contribution in [3.05, 3.63) is 62.7 Å². The molecule has 0 bridgehead atoms. The number of nitro benzene ring substituents is 1. The van der Waals surface area contributed by atoms with Gasteiger partial charge in [-0.25, -0.2) is 0 Å². The van der Waals surface area contributed by atoms with E-state index in [0.717, 1.165) is 24.9 Å². The number of rotatable bonds is 5. The van der Waals surface area contributed by atoms with E-state index in [1.165, 1.54) is 22.9 Å². The molecule has 2 aromatic carbocycles. The number of nitro groups is 1. The lowest BCUT2D eigenvalue weighted by Crippen LogP contribution is -2.48. The average molecular weight is 394 g/mol. The maximum Gasteiger partial charge on any atom is 0.274 e. The van der Waals surface area contributed by atoms with Crippen LogP contribution < -0.4 is 4.90 Å². The summed E-state index contributed by atoms with van der Waals surface area (Å²) in [5.41, 5.74) is 6.41. The van der Waals surface area contributed by atoms with Crippen LogP contribution in [0.1, 0.15) is 68.7 Å². The SMILES string of the molecule is CCCN1c2cc(C)c(C=Nc3ccc(C)c([N+](=O)[O-])c3)cc2C(C)CC1(C)C. The van der Waals surface area contributed by atoms with Crippen LogP contribution in [0.15, 0.2) is 35.3 Å². The highest BCUT2D eigenvalue weighted by Crippen LogP contribution is 2.44. The summed E-state index contributed by atoms with van der Waals surface area (Å²) in [5, 5.41) is 11.2. The zero-order valence-electron chi connectivity index (χ0n) is 18.3. The van der Waals surface area contributed by atoms with E-state index in [0.29, 0.717) is 17.2 Å². The lowest BCUT2D eigenvalue weighted by molar-refractivity contribution is -0.385. The molecule has 29 heavy (non-hydrogen) atoms. The molecule has 1 aliphatic rings. The van der Waals surface area contributed by atoms with Crippen molar-refractivity contribution in [1.82, 2.24) is 0 Å². The van der Waals surface area contributed by atoms with Gasteiger partial charge < -0.3 is 4.90 Å². The number of fused-ring (bicyclic) bond motifs is 1. The van der Waals surface area contributed by atoms with Crippen LogP contribution in [0.2, 0.25) is 0 Å². The highest BCUT2D eigenvalue weighted by molar-refractivity contribution is 5.86. The minimum absolute atomic E-state index is 0.105. The van der Waals surface area contributed by atoms with Crippen molar-refractivity contribution in [2.75, 3.05) is 11.4 Å². The van der Waals surface area contributed by atoms with Crippen molar-refractivity contribution in [3.8, 4) is 0 Å². The minimum atomic E-state index is -0.357. The molecular formula is C24H31N3O2. The molecule has 0 saturated carbocycles. The number of nitrogens with zero attached hydrogens (tertiary/aromatic N) is 3. The standard InChI is InChI=1S/C24H31N3O2/c1-7-10-26-23-11-17(3)19(12-21(23)18(4)14-24(26,5)6)15-25-20-9-8-16(2)22(13-20)27(28)29/h8-9,11-13,15,18H,7,10,14H2,1-6H3. The van der Waals surface area contributed by atoms with Gasteiger partial charge in [0.2, 0.25) is 0 Å². The lowest BCUT2D eigenvalue weighted by atomic mass is 9.79. The summed E-state index contributed by atoms with van der Waals surface area (Å²) in [6.45, 7) is 14.1. The Hall–Kier alpha value is -2.69. The van der Waals surface area contributed by atoms with Crippen LogP contribution in [-0.2, 0) is 0 Å². The zero-order chi connectivity index (χ0) is 21.3. The summed E-state index contributed by atoms with van der Waals surface area (Å²) in [5.74, 6) is 0.473. The van der Waals surface area contributed by atoms with Crippen molar-refractivity contribution in [2.24, 2.45) is 4.99 Å². The maximum absolute atomic E-state index is 11.2. The van der Waals surface area contributed by atoms with Crippen LogP contribution in [0, 0.1) is 24.0 Å². The predicted octanol–water partition coefficient (Wildman–Crippen LogP) is 6.46. The molecule has 5 heteroatoms. The Kier molecular flexibility index (Phi) is 5.78. The molecular weight excluding hydrogens is 362 g/mol. The van der Waals surface area contributed by atoms with E-state index in [9.17, 15) is 10.1 Å². The van der Waals surface area contributed by atoms with Crippen LogP contribution in [0.3, 0.4) is 0 Å². The number of benzene rings is 2. The maximum atomic E-state index is 11.2. The quantitative estimate of drug-likeness (QED) is 0.332. The third kappa shape index (κ3) is 4.19. The first-order valence-electron chi connectivity index (χ1n) is 10.4. The summed E-state index contributed by atoms with van der Waals surface area (Å²) in [6, 6.07) is 9.63. The van der Waals surface area contributed by atoms with E-state index in [4.69, 9.17) is 0 Å². The fourth-order valence-electron chi connectivity index (χ4n) is 4.46. The summed E-state index contributed by atoms with van der Waals surface area (Å²) < 4.78 is 0. The molecule has 2 aromatic rings. The molecule has 1 atom stereocenters. The van der Waals surface area contributed by atoms with Gasteiger partial charge in [-0.3, -0.25) is 15.1 Å². The largest absolute Gasteiger partial charge is 0.366 e. The highest BCUT2D eigenvalue weighted by Gasteiger charge is 2.36. The van der Waals surface area contributed by atoms with Gasteiger partial charge >= 0.3 is 0 Å². The fraction of sp³-hybridized carbons (Fsp3) is 0.458. The minimum Gasteiger partial charge on any atom is -0.366 e. The van der Waals surface area contributed by atoms with E-state index in [2.05, 4.69) is 56.6 Å². The van der Waals surface area contributed by atoms with E-state index < -0.39 is 0 Å². The molecule has 1 aliphatic heterocycles. The molecule has 0 amide bonds. The van der Waals surface area contributed by atoms with Gasteiger partial charge in [0.25, 0.3) is 5.69 Å². The Morgan fingerprint density at radius 1 is 1.24 bits per heavy atom. The Morgan fingerprint density at radius 2 is 1.97 bits per heavy atom. The first-order chi connectivity index (χ1) is 13.6. The molecule has 0 spiro atoms. The van der Waals surface area contributed by atoms with Crippen molar-refractivity contribution in [1.29, 1.82) is 0 Å². The van der Waals surface area contributed by atoms with E-state index in [-0.39, 0.29) is 16.1 Å². The topological polar surface area (TPSA) is 58.7 Å². The molecule has 3 rings (SSSR count). The van der Waals surface area contributed by atoms with Gasteiger partial charge in [0.15, 0.2) is 0 Å². The summed E-state index contributed by atoms with van der Waals surface area (Å²) in [4.78, 5) is 17.9. The van der Waals surface area contributed by atoms with Crippen molar-refractivity contribution in [3.63, 3.8) is 0 Å². The molecule has 1 heterocycles. The summed E-state index contributed by atoms with van der Waals surface area (Å²) in [6.07, 6.45) is 4.07. The van der Waals surface area contributed by atoms with E-state index in [1.54, 1.807) is 13.0 Å². The van der Waals surface area contributed by atoms with Crippen LogP contribution in [-0.4, -0.2) is 23.2 Å². The Labute approximate surface area is 173 Å². The fourth-order valence-corrected chi connectivity index (χ4v) is 4.46. The molecule has 0 aromatic heterocycles. The van der Waals surface area contributed by atoms with Crippen LogP contribution in [0.25, 0.3) is 0 Å². The molecule has 0 saturated heterocycles. The van der Waals surface area contributed by atoms with Gasteiger partial charge in [-0.2, -0.15) is 0 Å². The van der Waals surface area contributed by atoms with Crippen LogP contribution in [0.4, 0.5) is 17.1 Å². The smallest absolute Gasteiger partial charge is 0.274 e. The second-order valence-corrected chi connectivity index (χ2v) is 8.82. The first-order valence-corrected chi connectivity index (χ1v) is 10.4. The third-order valence-electron chi connectivity index (χ3n) is 5.96. The normalized spacial score (nSPS) is 18.1. The monoisotopic (exact) mass is 393 g/mol. The molecule has 1 unspecified atom stereocenters. The van der Waals surface area contributed by atoms with Gasteiger partial charge in [0.05, 0.1) is 10.6 Å². The van der Waals surface area contributed by atoms with Crippen LogP contribution in [0.5, 0.6) is 0 Å². The second-order valence-electron chi connectivity index (χ2n) is 8.82. The zero-order valence-corrected chi connectivity index (χ0v) is 18.3. The van der Waals surface area contributed by atoms with Crippen molar-refractivity contribution in [2.45, 2.75) is 65.8 Å². The summed E-state index contributed by atoms with van der Waals surface area (Å²) >= 11 is 0. The van der Waals surface area contributed by atoms with E-state index >= 15 is 0 Å². The third-order valence-corrected chi connectivity index (χ3v) is 5.96. The van der Waals surface area contributed by atoms with Crippen molar-refractivity contribution >= 4 is 23.3 Å². The lowest BCUT2D eigenvalue weighted by Gasteiger charge is -2.48. The number of hydrogen-bond donors (Lipinski definition) is 0. The molecule has 0 N–H and O–H groups in total. The molecule has 0 radical (unpaired) electrons. The highest BCUT2D eigenvalue weighted by atomic mass is 16.6. The summed E-state index contributed by atoms with van der Waals surface area (Å²) in [7, 11) is 0. The number of hydrogen-bond acceptors (Lipinski definition) is 4. The first kappa shape index (κ1) is 21.0. The predicted molar refractivity (Wildman–Crippen MR) is 121 cm³/mol.